The number of piperidine rings is 1. The number of aromatic nitrogens is 2. The second kappa shape index (κ2) is 7.75. The number of thiazole rings is 1. The Labute approximate surface area is 147 Å². The number of carbonyl (C=O) groups excluding carboxylic acids is 1. The number of rotatable bonds is 5. The van der Waals surface area contributed by atoms with Gasteiger partial charge in [0.15, 0.2) is 0 Å². The Kier molecular flexibility index (Phi) is 5.45. The van der Waals surface area contributed by atoms with Gasteiger partial charge in [-0.15, -0.1) is 11.3 Å². The minimum atomic E-state index is 0.136. The van der Waals surface area contributed by atoms with Gasteiger partial charge in [0.1, 0.15) is 10.7 Å². The van der Waals surface area contributed by atoms with Gasteiger partial charge in [-0.1, -0.05) is 6.07 Å². The molecule has 0 aromatic carbocycles. The van der Waals surface area contributed by atoms with Gasteiger partial charge in [-0.25, -0.2) is 4.98 Å². The van der Waals surface area contributed by atoms with E-state index in [0.717, 1.165) is 48.6 Å². The lowest BCUT2D eigenvalue weighted by atomic mass is 9.97. The van der Waals surface area contributed by atoms with E-state index >= 15 is 0 Å². The number of hydrogen-bond acceptors (Lipinski definition) is 5. The lowest BCUT2D eigenvalue weighted by Crippen LogP contribution is -2.43. The Morgan fingerprint density at radius 3 is 3.00 bits per heavy atom. The summed E-state index contributed by atoms with van der Waals surface area (Å²) in [4.78, 5) is 26.2. The lowest BCUT2D eigenvalue weighted by Gasteiger charge is -2.35. The summed E-state index contributed by atoms with van der Waals surface area (Å²) in [5.74, 6) is 1.12. The Morgan fingerprint density at radius 1 is 1.38 bits per heavy atom. The number of anilines is 1. The average molecular weight is 344 g/mol. The van der Waals surface area contributed by atoms with E-state index in [9.17, 15) is 4.79 Å². The van der Waals surface area contributed by atoms with Crippen LogP contribution in [0.1, 0.15) is 41.0 Å². The van der Waals surface area contributed by atoms with E-state index in [1.165, 1.54) is 17.8 Å². The van der Waals surface area contributed by atoms with Crippen LogP contribution in [-0.2, 0) is 6.42 Å². The summed E-state index contributed by atoms with van der Waals surface area (Å²) in [6.45, 7) is 0.854. The number of likely N-dealkylation sites (tertiary alicyclic amines) is 1. The van der Waals surface area contributed by atoms with E-state index in [4.69, 9.17) is 4.98 Å². The molecule has 0 bridgehead atoms. The van der Waals surface area contributed by atoms with Crippen LogP contribution in [0.4, 0.5) is 5.82 Å². The van der Waals surface area contributed by atoms with Crippen molar-refractivity contribution >= 4 is 23.1 Å². The first-order valence-corrected chi connectivity index (χ1v) is 9.36. The maximum Gasteiger partial charge on any atom is 0.265 e. The molecule has 1 atom stereocenters. The summed E-state index contributed by atoms with van der Waals surface area (Å²) in [5, 5.41) is 0. The van der Waals surface area contributed by atoms with Crippen LogP contribution < -0.4 is 4.90 Å². The molecule has 5 nitrogen and oxygen atoms in total. The summed E-state index contributed by atoms with van der Waals surface area (Å²) in [7, 11) is 4.01. The van der Waals surface area contributed by atoms with Crippen molar-refractivity contribution in [2.45, 2.75) is 38.1 Å². The molecule has 1 aliphatic rings. The van der Waals surface area contributed by atoms with Crippen LogP contribution >= 0.6 is 11.3 Å². The molecule has 0 saturated carbocycles. The summed E-state index contributed by atoms with van der Waals surface area (Å²) in [5.41, 5.74) is 2.82. The fraction of sp³-hybridized carbons (Fsp3) is 0.500. The highest BCUT2D eigenvalue weighted by molar-refractivity contribution is 7.11. The fourth-order valence-corrected chi connectivity index (χ4v) is 3.78. The molecule has 24 heavy (non-hydrogen) atoms. The lowest BCUT2D eigenvalue weighted by molar-refractivity contribution is 0.0606. The number of amides is 1. The van der Waals surface area contributed by atoms with Gasteiger partial charge in [0.25, 0.3) is 5.91 Å². The number of nitrogens with zero attached hydrogens (tertiary/aromatic N) is 4. The van der Waals surface area contributed by atoms with E-state index in [1.54, 1.807) is 11.7 Å². The summed E-state index contributed by atoms with van der Waals surface area (Å²) in [6, 6.07) is 6.45. The molecule has 1 fully saturated rings. The van der Waals surface area contributed by atoms with Crippen molar-refractivity contribution in [1.82, 2.24) is 14.9 Å². The van der Waals surface area contributed by atoms with E-state index in [1.807, 2.05) is 30.0 Å². The molecule has 0 aliphatic carbocycles. The molecule has 2 aromatic rings. The van der Waals surface area contributed by atoms with Crippen LogP contribution in [0, 0.1) is 0 Å². The van der Waals surface area contributed by atoms with Gasteiger partial charge < -0.3 is 9.80 Å². The Bertz CT molecular complexity index is 671. The molecular formula is C18H24N4OS. The highest BCUT2D eigenvalue weighted by Crippen LogP contribution is 2.24. The molecule has 1 aliphatic heterocycles. The molecular weight excluding hydrogens is 320 g/mol. The standard InChI is InChI=1S/C18H24N4OS/c1-21(2)17-8-5-6-14(20-17)9-10-15-7-3-4-11-22(15)18(23)16-12-19-13-24-16/h5-6,8,12-13,15H,3-4,7,9-11H2,1-2H3/t15-/m1/s1. The van der Waals surface area contributed by atoms with E-state index < -0.39 is 0 Å². The van der Waals surface area contributed by atoms with E-state index in [-0.39, 0.29) is 5.91 Å². The molecule has 1 amide bonds. The van der Waals surface area contributed by atoms with Crippen molar-refractivity contribution in [1.29, 1.82) is 0 Å². The molecule has 3 rings (SSSR count). The molecule has 0 unspecified atom stereocenters. The van der Waals surface area contributed by atoms with Crippen molar-refractivity contribution in [3.63, 3.8) is 0 Å². The summed E-state index contributed by atoms with van der Waals surface area (Å²) in [6.07, 6.45) is 6.92. The predicted octanol–water partition coefficient (Wildman–Crippen LogP) is 3.23. The van der Waals surface area contributed by atoms with E-state index in [2.05, 4.69) is 17.1 Å². The van der Waals surface area contributed by atoms with Gasteiger partial charge in [-0.2, -0.15) is 0 Å². The molecule has 3 heterocycles. The molecule has 0 spiro atoms. The van der Waals surface area contributed by atoms with Crippen LogP contribution in [0.25, 0.3) is 0 Å². The third kappa shape index (κ3) is 3.93. The minimum absolute atomic E-state index is 0.136. The van der Waals surface area contributed by atoms with Gasteiger partial charge >= 0.3 is 0 Å². The third-order valence-electron chi connectivity index (χ3n) is 4.52. The number of carbonyl (C=O) groups is 1. The number of hydrogen-bond donors (Lipinski definition) is 0. The maximum atomic E-state index is 12.7. The second-order valence-electron chi connectivity index (χ2n) is 6.43. The number of pyridine rings is 1. The zero-order valence-corrected chi connectivity index (χ0v) is 15.1. The van der Waals surface area contributed by atoms with Crippen molar-refractivity contribution in [3.8, 4) is 0 Å². The minimum Gasteiger partial charge on any atom is -0.363 e. The first kappa shape index (κ1) is 16.9. The van der Waals surface area contributed by atoms with Crippen LogP contribution in [0.5, 0.6) is 0 Å². The van der Waals surface area contributed by atoms with Gasteiger partial charge in [0.05, 0.1) is 11.7 Å². The van der Waals surface area contributed by atoms with Gasteiger partial charge in [0, 0.05) is 32.4 Å². The van der Waals surface area contributed by atoms with Gasteiger partial charge in [-0.05, 0) is 44.2 Å². The van der Waals surface area contributed by atoms with Crippen molar-refractivity contribution in [2.75, 3.05) is 25.5 Å². The molecule has 128 valence electrons. The third-order valence-corrected chi connectivity index (χ3v) is 5.28. The largest absolute Gasteiger partial charge is 0.363 e. The first-order valence-electron chi connectivity index (χ1n) is 8.48. The second-order valence-corrected chi connectivity index (χ2v) is 7.32. The fourth-order valence-electron chi connectivity index (χ4n) is 3.20. The van der Waals surface area contributed by atoms with Crippen molar-refractivity contribution in [3.05, 3.63) is 40.5 Å². The molecule has 0 N–H and O–H groups in total. The van der Waals surface area contributed by atoms with E-state index in [0.29, 0.717) is 6.04 Å². The SMILES string of the molecule is CN(C)c1cccc(CC[C@H]2CCCCN2C(=O)c2cncs2)n1. The molecule has 2 aromatic heterocycles. The maximum absolute atomic E-state index is 12.7. The Hall–Kier alpha value is -1.95. The zero-order chi connectivity index (χ0) is 16.9. The summed E-state index contributed by atoms with van der Waals surface area (Å²) < 4.78 is 0. The Balaban J connectivity index is 1.66. The monoisotopic (exact) mass is 344 g/mol. The first-order chi connectivity index (χ1) is 11.6. The molecule has 6 heteroatoms. The van der Waals surface area contributed by atoms with Crippen LogP contribution in [0.3, 0.4) is 0 Å². The predicted molar refractivity (Wildman–Crippen MR) is 97.7 cm³/mol. The quantitative estimate of drug-likeness (QED) is 0.835. The number of aryl methyl sites for hydroxylation is 1. The molecule has 1 saturated heterocycles. The van der Waals surface area contributed by atoms with Crippen LogP contribution in [0.2, 0.25) is 0 Å². The normalized spacial score (nSPS) is 17.8. The molecule has 0 radical (unpaired) electrons. The van der Waals surface area contributed by atoms with Crippen LogP contribution in [-0.4, -0.2) is 47.5 Å². The zero-order valence-electron chi connectivity index (χ0n) is 14.3. The summed E-state index contributed by atoms with van der Waals surface area (Å²) >= 11 is 1.43. The smallest absolute Gasteiger partial charge is 0.265 e. The highest BCUT2D eigenvalue weighted by Gasteiger charge is 2.28. The van der Waals surface area contributed by atoms with Crippen LogP contribution in [0.15, 0.2) is 29.9 Å². The topological polar surface area (TPSA) is 49.3 Å². The van der Waals surface area contributed by atoms with Gasteiger partial charge in [-0.3, -0.25) is 9.78 Å². The average Bonchev–Trinajstić information content (AvgIpc) is 3.14. The highest BCUT2D eigenvalue weighted by atomic mass is 32.1. The van der Waals surface area contributed by atoms with Gasteiger partial charge in [0.2, 0.25) is 0 Å². The van der Waals surface area contributed by atoms with Crippen molar-refractivity contribution < 1.29 is 4.79 Å². The Morgan fingerprint density at radius 2 is 2.25 bits per heavy atom. The van der Waals surface area contributed by atoms with Crippen molar-refractivity contribution in [2.24, 2.45) is 0 Å².